The lowest BCUT2D eigenvalue weighted by atomic mass is 10.1. The first-order chi connectivity index (χ1) is 8.15. The maximum absolute atomic E-state index is 8.10. The Balaban J connectivity index is 2.70. The second-order valence-corrected chi connectivity index (χ2v) is 5.45. The summed E-state index contributed by atoms with van der Waals surface area (Å²) in [5.41, 5.74) is 2.44. The van der Waals surface area contributed by atoms with Gasteiger partial charge in [0.15, 0.2) is 4.80 Å². The summed E-state index contributed by atoms with van der Waals surface area (Å²) >= 11 is 1.59. The van der Waals surface area contributed by atoms with Crippen LogP contribution in [0.1, 0.15) is 31.7 Å². The Hall–Kier alpha value is -1.35. The molecule has 2 aromatic rings. The molecule has 0 fully saturated rings. The van der Waals surface area contributed by atoms with Crippen molar-refractivity contribution < 1.29 is 0 Å². The van der Waals surface area contributed by atoms with Crippen LogP contribution in [-0.4, -0.2) is 4.57 Å². The summed E-state index contributed by atoms with van der Waals surface area (Å²) in [6.45, 7) is 6.43. The molecule has 1 heterocycles. The summed E-state index contributed by atoms with van der Waals surface area (Å²) in [6, 6.07) is 10.7. The van der Waals surface area contributed by atoms with Crippen molar-refractivity contribution in [3.05, 3.63) is 40.0 Å². The van der Waals surface area contributed by atoms with Crippen molar-refractivity contribution in [2.24, 2.45) is 0 Å². The highest BCUT2D eigenvalue weighted by Gasteiger charge is 2.15. The van der Waals surface area contributed by atoms with Crippen molar-refractivity contribution in [2.75, 3.05) is 0 Å². The van der Waals surface area contributed by atoms with Gasteiger partial charge < -0.3 is 4.57 Å². The number of nitrogens with zero attached hydrogens (tertiary/aromatic N) is 1. The first kappa shape index (κ1) is 12.1. The van der Waals surface area contributed by atoms with Crippen LogP contribution in [0.4, 0.5) is 0 Å². The molecule has 0 spiro atoms. The van der Waals surface area contributed by atoms with Crippen LogP contribution in [0.15, 0.2) is 30.3 Å². The van der Waals surface area contributed by atoms with E-state index in [1.54, 1.807) is 11.3 Å². The molecule has 0 saturated carbocycles. The fourth-order valence-corrected chi connectivity index (χ4v) is 3.17. The smallest absolute Gasteiger partial charge is 0.182 e. The minimum atomic E-state index is 0.328. The molecule has 1 N–H and O–H groups in total. The van der Waals surface area contributed by atoms with Gasteiger partial charge in [0.2, 0.25) is 0 Å². The Labute approximate surface area is 106 Å². The van der Waals surface area contributed by atoms with E-state index in [0.717, 1.165) is 6.42 Å². The van der Waals surface area contributed by atoms with Gasteiger partial charge in [-0.05, 0) is 25.8 Å². The van der Waals surface area contributed by atoms with Crippen molar-refractivity contribution >= 4 is 11.3 Å². The summed E-state index contributed by atoms with van der Waals surface area (Å²) in [4.78, 5) is 1.95. The van der Waals surface area contributed by atoms with Gasteiger partial charge in [-0.3, -0.25) is 5.41 Å². The summed E-state index contributed by atoms with van der Waals surface area (Å²) in [6.07, 6.45) is 0.987. The number of hydrogen-bond donors (Lipinski definition) is 1. The summed E-state index contributed by atoms with van der Waals surface area (Å²) in [7, 11) is 0. The largest absolute Gasteiger partial charge is 0.314 e. The Kier molecular flexibility index (Phi) is 3.48. The maximum atomic E-state index is 8.10. The molecule has 17 heavy (non-hydrogen) atoms. The first-order valence-electron chi connectivity index (χ1n) is 5.99. The fourth-order valence-electron chi connectivity index (χ4n) is 2.08. The Morgan fingerprint density at radius 3 is 2.41 bits per heavy atom. The molecule has 1 aromatic carbocycles. The third-order valence-corrected chi connectivity index (χ3v) is 3.95. The van der Waals surface area contributed by atoms with Gasteiger partial charge in [-0.1, -0.05) is 37.3 Å². The highest BCUT2D eigenvalue weighted by Crippen LogP contribution is 2.28. The highest BCUT2D eigenvalue weighted by atomic mass is 32.1. The van der Waals surface area contributed by atoms with E-state index in [2.05, 4.69) is 49.6 Å². The minimum absolute atomic E-state index is 0.328. The molecule has 90 valence electrons. The second-order valence-electron chi connectivity index (χ2n) is 4.36. The number of thiazole rings is 1. The fraction of sp³-hybridized carbons (Fsp3) is 0.357. The highest BCUT2D eigenvalue weighted by molar-refractivity contribution is 7.09. The standard InChI is InChI=1S/C14H18N2S/c1-4-12-13(11-8-6-5-7-9-11)16(10(2)3)14(15)17-12/h5-10,15H,4H2,1-3H3. The van der Waals surface area contributed by atoms with E-state index in [1.807, 2.05) is 6.07 Å². The van der Waals surface area contributed by atoms with E-state index in [1.165, 1.54) is 16.1 Å². The molecule has 0 aliphatic carbocycles. The van der Waals surface area contributed by atoms with Gasteiger partial charge in [-0.25, -0.2) is 0 Å². The van der Waals surface area contributed by atoms with Crippen molar-refractivity contribution in [1.29, 1.82) is 5.41 Å². The Morgan fingerprint density at radius 2 is 1.88 bits per heavy atom. The first-order valence-corrected chi connectivity index (χ1v) is 6.81. The van der Waals surface area contributed by atoms with Gasteiger partial charge >= 0.3 is 0 Å². The molecule has 2 nitrogen and oxygen atoms in total. The number of rotatable bonds is 3. The van der Waals surface area contributed by atoms with Crippen LogP contribution < -0.4 is 4.80 Å². The molecule has 0 amide bonds. The van der Waals surface area contributed by atoms with Crippen LogP contribution in [-0.2, 0) is 6.42 Å². The zero-order chi connectivity index (χ0) is 12.4. The van der Waals surface area contributed by atoms with Gasteiger partial charge in [0.05, 0.1) is 5.69 Å². The average Bonchev–Trinajstić information content (AvgIpc) is 2.67. The lowest BCUT2D eigenvalue weighted by Gasteiger charge is -2.13. The third kappa shape index (κ3) is 2.20. The zero-order valence-electron chi connectivity index (χ0n) is 10.5. The molecular weight excluding hydrogens is 228 g/mol. The predicted molar refractivity (Wildman–Crippen MR) is 73.4 cm³/mol. The minimum Gasteiger partial charge on any atom is -0.314 e. The summed E-state index contributed by atoms with van der Waals surface area (Å²) < 4.78 is 2.12. The van der Waals surface area contributed by atoms with Gasteiger partial charge in [-0.2, -0.15) is 0 Å². The normalized spacial score (nSPS) is 11.1. The van der Waals surface area contributed by atoms with E-state index in [4.69, 9.17) is 5.41 Å². The van der Waals surface area contributed by atoms with Crippen molar-refractivity contribution in [1.82, 2.24) is 4.57 Å². The number of aryl methyl sites for hydroxylation is 1. The molecule has 0 aliphatic heterocycles. The van der Waals surface area contributed by atoms with Crippen molar-refractivity contribution in [3.8, 4) is 11.3 Å². The van der Waals surface area contributed by atoms with E-state index in [9.17, 15) is 0 Å². The molecule has 2 rings (SSSR count). The van der Waals surface area contributed by atoms with Crippen LogP contribution in [0.25, 0.3) is 11.3 Å². The molecule has 3 heteroatoms. The quantitative estimate of drug-likeness (QED) is 0.852. The van der Waals surface area contributed by atoms with Gasteiger partial charge in [0.1, 0.15) is 0 Å². The van der Waals surface area contributed by atoms with E-state index in [-0.39, 0.29) is 0 Å². The van der Waals surface area contributed by atoms with Crippen molar-refractivity contribution in [3.63, 3.8) is 0 Å². The van der Waals surface area contributed by atoms with Gasteiger partial charge in [0.25, 0.3) is 0 Å². The topological polar surface area (TPSA) is 28.8 Å². The zero-order valence-corrected chi connectivity index (χ0v) is 11.3. The summed E-state index contributed by atoms with van der Waals surface area (Å²) in [5.74, 6) is 0. The van der Waals surface area contributed by atoms with Gasteiger partial charge in [0, 0.05) is 10.9 Å². The van der Waals surface area contributed by atoms with Crippen LogP contribution in [0.2, 0.25) is 0 Å². The molecule has 0 saturated heterocycles. The number of hydrogen-bond acceptors (Lipinski definition) is 2. The SMILES string of the molecule is CCc1sc(=N)n(C(C)C)c1-c1ccccc1. The maximum Gasteiger partial charge on any atom is 0.182 e. The molecule has 1 aromatic heterocycles. The lowest BCUT2D eigenvalue weighted by molar-refractivity contribution is 0.585. The number of nitrogens with one attached hydrogen (secondary N) is 1. The molecule has 0 aliphatic rings. The van der Waals surface area contributed by atoms with E-state index in [0.29, 0.717) is 10.8 Å². The lowest BCUT2D eigenvalue weighted by Crippen LogP contribution is -2.16. The van der Waals surface area contributed by atoms with Crippen molar-refractivity contribution in [2.45, 2.75) is 33.2 Å². The van der Waals surface area contributed by atoms with E-state index >= 15 is 0 Å². The average molecular weight is 246 g/mol. The van der Waals surface area contributed by atoms with Gasteiger partial charge in [-0.15, -0.1) is 11.3 Å². The molecular formula is C14H18N2S. The summed E-state index contributed by atoms with van der Waals surface area (Å²) in [5, 5.41) is 8.10. The van der Waals surface area contributed by atoms with E-state index < -0.39 is 0 Å². The number of benzene rings is 1. The molecule has 0 unspecified atom stereocenters. The molecule has 0 bridgehead atoms. The van der Waals surface area contributed by atoms with Crippen LogP contribution >= 0.6 is 11.3 Å². The number of aromatic nitrogens is 1. The van der Waals surface area contributed by atoms with Crippen LogP contribution in [0.5, 0.6) is 0 Å². The Bertz CT molecular complexity index is 549. The second kappa shape index (κ2) is 4.88. The monoisotopic (exact) mass is 246 g/mol. The third-order valence-electron chi connectivity index (χ3n) is 2.83. The van der Waals surface area contributed by atoms with Crippen LogP contribution in [0, 0.1) is 5.41 Å². The molecule has 0 radical (unpaired) electrons. The molecule has 0 atom stereocenters. The van der Waals surface area contributed by atoms with Crippen LogP contribution in [0.3, 0.4) is 0 Å². The Morgan fingerprint density at radius 1 is 1.24 bits per heavy atom. The predicted octanol–water partition coefficient (Wildman–Crippen LogP) is 3.84.